The van der Waals surface area contributed by atoms with E-state index in [1.165, 1.54) is 0 Å². The summed E-state index contributed by atoms with van der Waals surface area (Å²) in [4.78, 5) is 28.9. The van der Waals surface area contributed by atoms with Crippen LogP contribution in [0.4, 0.5) is 0 Å². The van der Waals surface area contributed by atoms with Crippen molar-refractivity contribution in [1.29, 1.82) is 0 Å². The second-order valence-electron chi connectivity index (χ2n) is 8.98. The number of nitrogens with one attached hydrogen (secondary N) is 1. The summed E-state index contributed by atoms with van der Waals surface area (Å²) in [6, 6.07) is 25.3. The number of nitrogens with zero attached hydrogens (tertiary/aromatic N) is 1. The van der Waals surface area contributed by atoms with E-state index in [1.807, 2.05) is 94.4 Å². The summed E-state index contributed by atoms with van der Waals surface area (Å²) in [6.45, 7) is 8.32. The maximum absolute atomic E-state index is 13.7. The molecule has 4 heteroatoms. The predicted octanol–water partition coefficient (Wildman–Crippen LogP) is 5.01. The lowest BCUT2D eigenvalue weighted by atomic mass is 9.99. The summed E-state index contributed by atoms with van der Waals surface area (Å²) in [5, 5.41) is 3.04. The van der Waals surface area contributed by atoms with Gasteiger partial charge in [0, 0.05) is 19.0 Å². The molecule has 172 valence electrons. The van der Waals surface area contributed by atoms with Crippen LogP contribution in [0.1, 0.15) is 41.7 Å². The molecular weight excluding hydrogens is 408 g/mol. The van der Waals surface area contributed by atoms with Gasteiger partial charge in [-0.25, -0.2) is 0 Å². The molecule has 0 bridgehead atoms. The Hall–Kier alpha value is -3.40. The molecular formula is C29H34N2O2. The molecule has 3 aromatic carbocycles. The monoisotopic (exact) mass is 442 g/mol. The molecule has 0 fully saturated rings. The lowest BCUT2D eigenvalue weighted by Gasteiger charge is -2.32. The first-order valence-corrected chi connectivity index (χ1v) is 11.6. The van der Waals surface area contributed by atoms with Gasteiger partial charge in [-0.1, -0.05) is 84.4 Å². The topological polar surface area (TPSA) is 49.4 Å². The molecule has 3 rings (SSSR count). The Morgan fingerprint density at radius 1 is 0.848 bits per heavy atom. The Morgan fingerprint density at radius 3 is 2.06 bits per heavy atom. The van der Waals surface area contributed by atoms with Crippen molar-refractivity contribution in [1.82, 2.24) is 10.2 Å². The minimum atomic E-state index is -0.604. The molecule has 0 saturated carbocycles. The zero-order chi connectivity index (χ0) is 23.8. The Kier molecular flexibility index (Phi) is 8.42. The van der Waals surface area contributed by atoms with Gasteiger partial charge in [-0.3, -0.25) is 9.59 Å². The molecule has 0 aliphatic rings. The van der Waals surface area contributed by atoms with Gasteiger partial charge in [0.2, 0.25) is 11.8 Å². The Bertz CT molecular complexity index is 1060. The van der Waals surface area contributed by atoms with Gasteiger partial charge in [0.1, 0.15) is 6.04 Å². The molecule has 0 aliphatic carbocycles. The predicted molar refractivity (Wildman–Crippen MR) is 134 cm³/mol. The maximum atomic E-state index is 13.7. The zero-order valence-corrected chi connectivity index (χ0v) is 20.0. The van der Waals surface area contributed by atoms with Gasteiger partial charge in [-0.2, -0.15) is 0 Å². The van der Waals surface area contributed by atoms with Crippen LogP contribution < -0.4 is 5.32 Å². The summed E-state index contributed by atoms with van der Waals surface area (Å²) < 4.78 is 0. The van der Waals surface area contributed by atoms with Crippen molar-refractivity contribution in [3.8, 4) is 0 Å². The van der Waals surface area contributed by atoms with Crippen LogP contribution >= 0.6 is 0 Å². The van der Waals surface area contributed by atoms with Crippen LogP contribution in [0.15, 0.2) is 78.9 Å². The van der Waals surface area contributed by atoms with Crippen LogP contribution in [0.25, 0.3) is 0 Å². The number of hydrogen-bond donors (Lipinski definition) is 1. The summed E-state index contributed by atoms with van der Waals surface area (Å²) in [6.07, 6.45) is 0.728. The smallest absolute Gasteiger partial charge is 0.243 e. The largest absolute Gasteiger partial charge is 0.352 e. The van der Waals surface area contributed by atoms with Crippen LogP contribution in [-0.2, 0) is 29.0 Å². The van der Waals surface area contributed by atoms with Crippen LogP contribution in [0, 0.1) is 13.8 Å². The van der Waals surface area contributed by atoms with E-state index >= 15 is 0 Å². The number of benzene rings is 3. The van der Waals surface area contributed by atoms with Gasteiger partial charge in [-0.15, -0.1) is 0 Å². The first-order valence-electron chi connectivity index (χ1n) is 11.6. The van der Waals surface area contributed by atoms with E-state index in [-0.39, 0.29) is 24.3 Å². The van der Waals surface area contributed by atoms with Crippen LogP contribution in [-0.4, -0.2) is 28.8 Å². The van der Waals surface area contributed by atoms with Gasteiger partial charge in [0.15, 0.2) is 0 Å². The standard InChI is InChI=1S/C29H34N2O2/c1-21(2)30-29(33)27(18-24-11-7-5-8-12-24)31(20-25-13-9-6-10-14-25)28(32)19-26-17-22(3)15-16-23(26)4/h5-17,21,27H,18-20H2,1-4H3,(H,30,33)/t27-/m0/s1. The van der Waals surface area contributed by atoms with Gasteiger partial charge in [0.25, 0.3) is 0 Å². The highest BCUT2D eigenvalue weighted by Gasteiger charge is 2.30. The second kappa shape index (κ2) is 11.5. The van der Waals surface area contributed by atoms with Crippen molar-refractivity contribution in [3.05, 3.63) is 107 Å². The van der Waals surface area contributed by atoms with Crippen molar-refractivity contribution in [3.63, 3.8) is 0 Å². The van der Waals surface area contributed by atoms with Gasteiger partial charge >= 0.3 is 0 Å². The van der Waals surface area contributed by atoms with Crippen molar-refractivity contribution >= 4 is 11.8 Å². The Labute approximate surface area is 197 Å². The molecule has 0 unspecified atom stereocenters. The minimum Gasteiger partial charge on any atom is -0.352 e. The van der Waals surface area contributed by atoms with E-state index < -0.39 is 6.04 Å². The lowest BCUT2D eigenvalue weighted by molar-refractivity contribution is -0.141. The van der Waals surface area contributed by atoms with E-state index in [0.717, 1.165) is 27.8 Å². The molecule has 0 radical (unpaired) electrons. The summed E-state index contributed by atoms with van der Waals surface area (Å²) >= 11 is 0. The van der Waals surface area contributed by atoms with E-state index in [9.17, 15) is 9.59 Å². The number of rotatable bonds is 9. The quantitative estimate of drug-likeness (QED) is 0.506. The normalized spacial score (nSPS) is 11.8. The molecule has 0 heterocycles. The van der Waals surface area contributed by atoms with Gasteiger partial charge in [-0.05, 0) is 49.9 Å². The van der Waals surface area contributed by atoms with Crippen molar-refractivity contribution < 1.29 is 9.59 Å². The molecule has 0 aromatic heterocycles. The first-order chi connectivity index (χ1) is 15.8. The van der Waals surface area contributed by atoms with Crippen LogP contribution in [0.5, 0.6) is 0 Å². The lowest BCUT2D eigenvalue weighted by Crippen LogP contribution is -2.52. The number of carbonyl (C=O) groups excluding carboxylic acids is 2. The fraction of sp³-hybridized carbons (Fsp3) is 0.310. The average Bonchev–Trinajstić information content (AvgIpc) is 2.79. The first kappa shape index (κ1) is 24.2. The Balaban J connectivity index is 1.97. The number of amides is 2. The maximum Gasteiger partial charge on any atom is 0.243 e. The second-order valence-corrected chi connectivity index (χ2v) is 8.98. The number of hydrogen-bond acceptors (Lipinski definition) is 2. The molecule has 0 saturated heterocycles. The third-order valence-corrected chi connectivity index (χ3v) is 5.74. The van der Waals surface area contributed by atoms with Crippen molar-refractivity contribution in [2.24, 2.45) is 0 Å². The molecule has 2 amide bonds. The minimum absolute atomic E-state index is 0.0107. The van der Waals surface area contributed by atoms with E-state index in [4.69, 9.17) is 0 Å². The fourth-order valence-corrected chi connectivity index (χ4v) is 3.97. The number of carbonyl (C=O) groups is 2. The molecule has 4 nitrogen and oxygen atoms in total. The third kappa shape index (κ3) is 7.04. The van der Waals surface area contributed by atoms with Crippen molar-refractivity contribution in [2.45, 2.75) is 59.2 Å². The van der Waals surface area contributed by atoms with Gasteiger partial charge < -0.3 is 10.2 Å². The SMILES string of the molecule is Cc1ccc(C)c(CC(=O)N(Cc2ccccc2)[C@@H](Cc2ccccc2)C(=O)NC(C)C)c1. The van der Waals surface area contributed by atoms with E-state index in [1.54, 1.807) is 4.90 Å². The van der Waals surface area contributed by atoms with E-state index in [0.29, 0.717) is 13.0 Å². The van der Waals surface area contributed by atoms with Crippen LogP contribution in [0.3, 0.4) is 0 Å². The molecule has 1 atom stereocenters. The molecule has 33 heavy (non-hydrogen) atoms. The summed E-state index contributed by atoms with van der Waals surface area (Å²) in [5.74, 6) is -0.175. The van der Waals surface area contributed by atoms with Crippen LogP contribution in [0.2, 0.25) is 0 Å². The number of aryl methyl sites for hydroxylation is 2. The molecule has 0 aliphatic heterocycles. The van der Waals surface area contributed by atoms with Crippen molar-refractivity contribution in [2.75, 3.05) is 0 Å². The Morgan fingerprint density at radius 2 is 1.45 bits per heavy atom. The molecule has 3 aromatic rings. The highest BCUT2D eigenvalue weighted by atomic mass is 16.2. The highest BCUT2D eigenvalue weighted by Crippen LogP contribution is 2.18. The molecule has 0 spiro atoms. The molecule has 1 N–H and O–H groups in total. The third-order valence-electron chi connectivity index (χ3n) is 5.74. The van der Waals surface area contributed by atoms with E-state index in [2.05, 4.69) is 17.4 Å². The van der Waals surface area contributed by atoms with Gasteiger partial charge in [0.05, 0.1) is 6.42 Å². The summed E-state index contributed by atoms with van der Waals surface area (Å²) in [5.41, 5.74) is 5.23. The average molecular weight is 443 g/mol. The zero-order valence-electron chi connectivity index (χ0n) is 20.0. The fourth-order valence-electron chi connectivity index (χ4n) is 3.97. The summed E-state index contributed by atoms with van der Waals surface area (Å²) in [7, 11) is 0. The highest BCUT2D eigenvalue weighted by molar-refractivity contribution is 5.89.